The van der Waals surface area contributed by atoms with Gasteiger partial charge in [-0.3, -0.25) is 4.79 Å². The number of anilines is 1. The van der Waals surface area contributed by atoms with Gasteiger partial charge in [0.25, 0.3) is 5.78 Å². The van der Waals surface area contributed by atoms with Crippen molar-refractivity contribution in [2.24, 2.45) is 0 Å². The van der Waals surface area contributed by atoms with Gasteiger partial charge >= 0.3 is 0 Å². The van der Waals surface area contributed by atoms with E-state index in [1.165, 1.54) is 5.56 Å². The average Bonchev–Trinajstić information content (AvgIpc) is 3.03. The van der Waals surface area contributed by atoms with Crippen molar-refractivity contribution in [3.05, 3.63) is 46.8 Å². The molecule has 28 heavy (non-hydrogen) atoms. The van der Waals surface area contributed by atoms with Crippen LogP contribution in [0.2, 0.25) is 0 Å². The summed E-state index contributed by atoms with van der Waals surface area (Å²) in [7, 11) is 0. The van der Waals surface area contributed by atoms with Crippen LogP contribution in [-0.2, 0) is 11.2 Å². The van der Waals surface area contributed by atoms with E-state index in [9.17, 15) is 4.79 Å². The van der Waals surface area contributed by atoms with Gasteiger partial charge < -0.3 is 15.8 Å². The van der Waals surface area contributed by atoms with E-state index in [1.54, 1.807) is 4.52 Å². The Kier molecular flexibility index (Phi) is 6.08. The fourth-order valence-electron chi connectivity index (χ4n) is 2.98. The number of nitrogens with zero attached hydrogens (tertiary/aromatic N) is 4. The van der Waals surface area contributed by atoms with E-state index in [2.05, 4.69) is 20.4 Å². The van der Waals surface area contributed by atoms with Gasteiger partial charge in [0.1, 0.15) is 5.75 Å². The molecular formula is C20H26N6O2. The Labute approximate surface area is 164 Å². The van der Waals surface area contributed by atoms with E-state index < -0.39 is 0 Å². The Hall–Kier alpha value is -3.16. The molecule has 2 heterocycles. The highest BCUT2D eigenvalue weighted by Gasteiger charge is 2.15. The molecule has 0 saturated heterocycles. The predicted octanol–water partition coefficient (Wildman–Crippen LogP) is 2.15. The normalized spacial score (nSPS) is 11.0. The van der Waals surface area contributed by atoms with Gasteiger partial charge in [-0.05, 0) is 45.7 Å². The molecule has 8 nitrogen and oxygen atoms in total. The summed E-state index contributed by atoms with van der Waals surface area (Å²) < 4.78 is 7.27. The molecule has 2 aromatic heterocycles. The Bertz CT molecular complexity index is 965. The molecule has 3 aromatic rings. The minimum atomic E-state index is -0.0418. The van der Waals surface area contributed by atoms with Crippen molar-refractivity contribution >= 4 is 17.6 Å². The summed E-state index contributed by atoms with van der Waals surface area (Å²) in [6, 6.07) is 7.99. The highest BCUT2D eigenvalue weighted by Crippen LogP contribution is 2.15. The molecule has 0 atom stereocenters. The van der Waals surface area contributed by atoms with Crippen molar-refractivity contribution in [1.82, 2.24) is 24.9 Å². The number of amides is 1. The van der Waals surface area contributed by atoms with Crippen LogP contribution < -0.4 is 15.8 Å². The average molecular weight is 382 g/mol. The molecule has 0 aliphatic heterocycles. The lowest BCUT2D eigenvalue weighted by molar-refractivity contribution is -0.120. The molecule has 148 valence electrons. The number of aromatic nitrogens is 4. The Morgan fingerprint density at radius 2 is 1.89 bits per heavy atom. The number of rotatable bonds is 8. The predicted molar refractivity (Wildman–Crippen MR) is 107 cm³/mol. The molecule has 0 spiro atoms. The van der Waals surface area contributed by atoms with Crippen molar-refractivity contribution < 1.29 is 9.53 Å². The smallest absolute Gasteiger partial charge is 0.254 e. The first-order chi connectivity index (χ1) is 13.4. The van der Waals surface area contributed by atoms with Gasteiger partial charge in [-0.2, -0.15) is 9.50 Å². The second kappa shape index (κ2) is 8.69. The summed E-state index contributed by atoms with van der Waals surface area (Å²) in [6.07, 6.45) is 1.98. The fourth-order valence-corrected chi connectivity index (χ4v) is 2.98. The Balaban J connectivity index is 1.43. The van der Waals surface area contributed by atoms with E-state index >= 15 is 0 Å². The van der Waals surface area contributed by atoms with Crippen molar-refractivity contribution in [3.63, 3.8) is 0 Å². The lowest BCUT2D eigenvalue weighted by Gasteiger charge is -2.11. The van der Waals surface area contributed by atoms with Crippen LogP contribution in [0.5, 0.6) is 5.75 Å². The number of unbranched alkanes of at least 4 members (excludes halogenated alkanes) is 1. The van der Waals surface area contributed by atoms with Crippen molar-refractivity contribution in [1.29, 1.82) is 0 Å². The zero-order valence-corrected chi connectivity index (χ0v) is 16.5. The SMILES string of the molecule is Cc1ccc(OCCCCNC(=O)Cc2c(C)nc3nc(N)nn3c2C)cc1. The summed E-state index contributed by atoms with van der Waals surface area (Å²) >= 11 is 0. The lowest BCUT2D eigenvalue weighted by Crippen LogP contribution is -2.27. The topological polar surface area (TPSA) is 107 Å². The van der Waals surface area contributed by atoms with Gasteiger partial charge in [0.15, 0.2) is 0 Å². The number of aryl methyl sites for hydroxylation is 3. The highest BCUT2D eigenvalue weighted by molar-refractivity contribution is 5.79. The molecule has 1 amide bonds. The third-order valence-electron chi connectivity index (χ3n) is 4.59. The molecule has 0 aliphatic carbocycles. The first-order valence-corrected chi connectivity index (χ1v) is 9.38. The van der Waals surface area contributed by atoms with Gasteiger partial charge in [0.2, 0.25) is 11.9 Å². The third kappa shape index (κ3) is 4.76. The number of carbonyl (C=O) groups excluding carboxylic acids is 1. The van der Waals surface area contributed by atoms with E-state index in [1.807, 2.05) is 45.0 Å². The number of hydrogen-bond donors (Lipinski definition) is 2. The molecule has 0 radical (unpaired) electrons. The molecule has 3 rings (SSSR count). The minimum absolute atomic E-state index is 0.0418. The molecule has 3 N–H and O–H groups in total. The highest BCUT2D eigenvalue weighted by atomic mass is 16.5. The number of carbonyl (C=O) groups is 1. The Morgan fingerprint density at radius 3 is 2.64 bits per heavy atom. The van der Waals surface area contributed by atoms with Gasteiger partial charge in [0.05, 0.1) is 13.0 Å². The molecule has 0 fully saturated rings. The van der Waals surface area contributed by atoms with Crippen molar-refractivity contribution in [3.8, 4) is 5.75 Å². The zero-order chi connectivity index (χ0) is 20.1. The van der Waals surface area contributed by atoms with Gasteiger partial charge in [0, 0.05) is 23.5 Å². The first-order valence-electron chi connectivity index (χ1n) is 9.38. The van der Waals surface area contributed by atoms with Crippen LogP contribution >= 0.6 is 0 Å². The van der Waals surface area contributed by atoms with E-state index in [-0.39, 0.29) is 18.3 Å². The van der Waals surface area contributed by atoms with Gasteiger partial charge in [-0.25, -0.2) is 4.98 Å². The van der Waals surface area contributed by atoms with Crippen LogP contribution in [0.25, 0.3) is 5.78 Å². The number of hydrogen-bond acceptors (Lipinski definition) is 6. The quantitative estimate of drug-likeness (QED) is 0.578. The van der Waals surface area contributed by atoms with Gasteiger partial charge in [-0.1, -0.05) is 17.7 Å². The summed E-state index contributed by atoms with van der Waals surface area (Å²) in [5.74, 6) is 1.45. The number of fused-ring (bicyclic) bond motifs is 1. The maximum Gasteiger partial charge on any atom is 0.254 e. The van der Waals surface area contributed by atoms with Crippen LogP contribution in [0.15, 0.2) is 24.3 Å². The standard InChI is InChI=1S/C20H26N6O2/c1-13-6-8-16(9-7-13)28-11-5-4-10-22-18(27)12-17-14(2)23-20-24-19(21)25-26(20)15(17)3/h6-9H,4-5,10-12H2,1-3H3,(H2,21,25)(H,22,27). The number of nitrogens with one attached hydrogen (secondary N) is 1. The van der Waals surface area contributed by atoms with Crippen molar-refractivity contribution in [2.75, 3.05) is 18.9 Å². The van der Waals surface area contributed by atoms with Gasteiger partial charge in [-0.15, -0.1) is 5.10 Å². The molecule has 0 bridgehead atoms. The number of nitrogen functional groups attached to an aromatic ring is 1. The maximum absolute atomic E-state index is 12.3. The second-order valence-electron chi connectivity index (χ2n) is 6.84. The molecule has 0 unspecified atom stereocenters. The molecule has 0 saturated carbocycles. The molecule has 8 heteroatoms. The Morgan fingerprint density at radius 1 is 1.14 bits per heavy atom. The minimum Gasteiger partial charge on any atom is -0.494 e. The zero-order valence-electron chi connectivity index (χ0n) is 16.5. The van der Waals surface area contributed by atoms with Crippen LogP contribution in [0, 0.1) is 20.8 Å². The fraction of sp³-hybridized carbons (Fsp3) is 0.400. The molecular weight excluding hydrogens is 356 g/mol. The molecule has 0 aliphatic rings. The number of benzene rings is 1. The van der Waals surface area contributed by atoms with Crippen LogP contribution in [0.4, 0.5) is 5.95 Å². The van der Waals surface area contributed by atoms with E-state index in [0.717, 1.165) is 35.5 Å². The molecule has 1 aromatic carbocycles. The first kappa shape index (κ1) is 19.6. The van der Waals surface area contributed by atoms with Crippen molar-refractivity contribution in [2.45, 2.75) is 40.0 Å². The summed E-state index contributed by atoms with van der Waals surface area (Å²) in [5, 5.41) is 7.08. The lowest BCUT2D eigenvalue weighted by atomic mass is 10.1. The summed E-state index contributed by atoms with van der Waals surface area (Å²) in [4.78, 5) is 20.7. The summed E-state index contributed by atoms with van der Waals surface area (Å²) in [5.41, 5.74) is 9.28. The monoisotopic (exact) mass is 382 g/mol. The number of ether oxygens (including phenoxy) is 1. The second-order valence-corrected chi connectivity index (χ2v) is 6.84. The van der Waals surface area contributed by atoms with Crippen LogP contribution in [0.1, 0.15) is 35.4 Å². The largest absolute Gasteiger partial charge is 0.494 e. The maximum atomic E-state index is 12.3. The van der Waals surface area contributed by atoms with Crippen LogP contribution in [-0.4, -0.2) is 38.6 Å². The summed E-state index contributed by atoms with van der Waals surface area (Å²) in [6.45, 7) is 7.04. The third-order valence-corrected chi connectivity index (χ3v) is 4.59. The number of nitrogens with two attached hydrogens (primary N) is 1. The van der Waals surface area contributed by atoms with E-state index in [4.69, 9.17) is 10.5 Å². The van der Waals surface area contributed by atoms with Crippen LogP contribution in [0.3, 0.4) is 0 Å². The van der Waals surface area contributed by atoms with E-state index in [0.29, 0.717) is 18.9 Å².